The number of hydrogen-bond acceptors (Lipinski definition) is 0. The molecule has 1 N–H and O–H groups in total. The normalized spacial score (nSPS) is 11.3. The van der Waals surface area contributed by atoms with E-state index in [9.17, 15) is 4.39 Å². The number of aromatic nitrogens is 1. The van der Waals surface area contributed by atoms with Gasteiger partial charge < -0.3 is 4.98 Å². The van der Waals surface area contributed by atoms with Crippen molar-refractivity contribution >= 4 is 33.4 Å². The van der Waals surface area contributed by atoms with Gasteiger partial charge in [0.2, 0.25) is 0 Å². The topological polar surface area (TPSA) is 15.8 Å². The van der Waals surface area contributed by atoms with Crippen LogP contribution in [0.25, 0.3) is 21.8 Å². The van der Waals surface area contributed by atoms with Gasteiger partial charge in [-0.3, -0.25) is 0 Å². The number of para-hydroxylation sites is 1. The molecule has 0 aliphatic heterocycles. The minimum absolute atomic E-state index is 0.233. The van der Waals surface area contributed by atoms with Crippen LogP contribution in [-0.4, -0.2) is 4.98 Å². The highest BCUT2D eigenvalue weighted by atomic mass is 35.5. The van der Waals surface area contributed by atoms with Crippen molar-refractivity contribution in [1.82, 2.24) is 4.98 Å². The Hall–Kier alpha value is -1.54. The Labute approximate surface area is 90.5 Å². The molecule has 0 radical (unpaired) electrons. The second-order valence-corrected chi connectivity index (χ2v) is 3.88. The molecule has 74 valence electrons. The number of aromatic amines is 1. The highest BCUT2D eigenvalue weighted by Crippen LogP contribution is 2.30. The summed E-state index contributed by atoms with van der Waals surface area (Å²) in [6, 6.07) is 10.3. The van der Waals surface area contributed by atoms with Gasteiger partial charge in [-0.1, -0.05) is 23.7 Å². The van der Waals surface area contributed by atoms with Crippen LogP contribution in [0.5, 0.6) is 0 Å². The summed E-state index contributed by atoms with van der Waals surface area (Å²) in [4.78, 5) is 3.17. The van der Waals surface area contributed by atoms with E-state index in [2.05, 4.69) is 4.98 Å². The molecule has 3 rings (SSSR count). The number of benzene rings is 2. The predicted octanol–water partition coefficient (Wildman–Crippen LogP) is 4.11. The minimum Gasteiger partial charge on any atom is -0.353 e. The molecule has 0 saturated carbocycles. The van der Waals surface area contributed by atoms with Gasteiger partial charge in [0.05, 0.1) is 10.5 Å². The molecule has 0 saturated heterocycles. The van der Waals surface area contributed by atoms with Gasteiger partial charge in [-0.05, 0) is 24.3 Å². The summed E-state index contributed by atoms with van der Waals surface area (Å²) in [5, 5.41) is 2.48. The molecule has 0 fully saturated rings. The molecule has 2 aromatic carbocycles. The van der Waals surface area contributed by atoms with E-state index in [0.717, 1.165) is 21.8 Å². The maximum atomic E-state index is 13.1. The van der Waals surface area contributed by atoms with Gasteiger partial charge in [0.15, 0.2) is 0 Å². The number of hydrogen-bond donors (Lipinski definition) is 1. The van der Waals surface area contributed by atoms with Gasteiger partial charge in [-0.15, -0.1) is 0 Å². The summed E-state index contributed by atoms with van der Waals surface area (Å²) in [6.45, 7) is 0. The molecule has 0 atom stereocenters. The lowest BCUT2D eigenvalue weighted by Gasteiger charge is -1.92. The van der Waals surface area contributed by atoms with Crippen LogP contribution in [0.4, 0.5) is 4.39 Å². The first-order valence-corrected chi connectivity index (χ1v) is 4.99. The largest absolute Gasteiger partial charge is 0.353 e. The van der Waals surface area contributed by atoms with Crippen molar-refractivity contribution in [3.05, 3.63) is 47.2 Å². The third-order valence-corrected chi connectivity index (χ3v) is 2.86. The fourth-order valence-corrected chi connectivity index (χ4v) is 2.08. The maximum Gasteiger partial charge on any atom is 0.123 e. The smallest absolute Gasteiger partial charge is 0.123 e. The number of nitrogens with one attached hydrogen (secondary N) is 1. The molecule has 1 heterocycles. The van der Waals surface area contributed by atoms with Gasteiger partial charge in [0.25, 0.3) is 0 Å². The van der Waals surface area contributed by atoms with Crippen molar-refractivity contribution in [3.63, 3.8) is 0 Å². The summed E-state index contributed by atoms with van der Waals surface area (Å²) >= 11 is 6.04. The van der Waals surface area contributed by atoms with Crippen LogP contribution in [0.2, 0.25) is 5.02 Å². The molecule has 3 heteroatoms. The summed E-state index contributed by atoms with van der Waals surface area (Å²) in [6.07, 6.45) is 0. The lowest BCUT2D eigenvalue weighted by molar-refractivity contribution is 0.630. The Balaban J connectivity index is 2.58. The molecular formula is C12H7ClFN. The third-order valence-electron chi connectivity index (χ3n) is 2.55. The van der Waals surface area contributed by atoms with E-state index in [1.807, 2.05) is 18.2 Å². The number of halogens is 2. The molecule has 0 bridgehead atoms. The molecule has 0 spiro atoms. The zero-order valence-electron chi connectivity index (χ0n) is 7.72. The second kappa shape index (κ2) is 2.97. The van der Waals surface area contributed by atoms with Crippen molar-refractivity contribution in [2.45, 2.75) is 0 Å². The van der Waals surface area contributed by atoms with Gasteiger partial charge >= 0.3 is 0 Å². The SMILES string of the molecule is Fc1ccc2[nH]c3c(Cl)cccc3c2c1. The lowest BCUT2D eigenvalue weighted by atomic mass is 10.1. The van der Waals surface area contributed by atoms with E-state index >= 15 is 0 Å². The zero-order chi connectivity index (χ0) is 10.4. The standard InChI is InChI=1S/C12H7ClFN/c13-10-3-1-2-8-9-6-7(14)4-5-11(9)15-12(8)10/h1-6,15H. The van der Waals surface area contributed by atoms with Gasteiger partial charge in [-0.25, -0.2) is 4.39 Å². The van der Waals surface area contributed by atoms with Crippen molar-refractivity contribution in [2.24, 2.45) is 0 Å². The van der Waals surface area contributed by atoms with Crippen molar-refractivity contribution in [1.29, 1.82) is 0 Å². The molecular weight excluding hydrogens is 213 g/mol. The predicted molar refractivity (Wildman–Crippen MR) is 60.8 cm³/mol. The van der Waals surface area contributed by atoms with Crippen LogP contribution in [0.15, 0.2) is 36.4 Å². The molecule has 3 aromatic rings. The Kier molecular flexibility index (Phi) is 1.73. The fourth-order valence-electron chi connectivity index (χ4n) is 1.86. The lowest BCUT2D eigenvalue weighted by Crippen LogP contribution is -1.71. The van der Waals surface area contributed by atoms with Crippen LogP contribution in [0.3, 0.4) is 0 Å². The highest BCUT2D eigenvalue weighted by Gasteiger charge is 2.06. The zero-order valence-corrected chi connectivity index (χ0v) is 8.48. The van der Waals surface area contributed by atoms with Crippen LogP contribution >= 0.6 is 11.6 Å². The Morgan fingerprint density at radius 1 is 1.07 bits per heavy atom. The number of rotatable bonds is 0. The second-order valence-electron chi connectivity index (χ2n) is 3.48. The summed E-state index contributed by atoms with van der Waals surface area (Å²) < 4.78 is 13.1. The average molecular weight is 220 g/mol. The van der Waals surface area contributed by atoms with E-state index in [4.69, 9.17) is 11.6 Å². The quantitative estimate of drug-likeness (QED) is 0.586. The average Bonchev–Trinajstić information content (AvgIpc) is 2.58. The van der Waals surface area contributed by atoms with E-state index in [1.54, 1.807) is 6.07 Å². The molecule has 0 aliphatic rings. The van der Waals surface area contributed by atoms with Crippen molar-refractivity contribution in [2.75, 3.05) is 0 Å². The van der Waals surface area contributed by atoms with Crippen LogP contribution in [0, 0.1) is 5.82 Å². The molecule has 15 heavy (non-hydrogen) atoms. The van der Waals surface area contributed by atoms with Gasteiger partial charge in [-0.2, -0.15) is 0 Å². The Morgan fingerprint density at radius 2 is 1.93 bits per heavy atom. The van der Waals surface area contributed by atoms with Crippen LogP contribution < -0.4 is 0 Å². The first-order valence-electron chi connectivity index (χ1n) is 4.61. The van der Waals surface area contributed by atoms with E-state index < -0.39 is 0 Å². The van der Waals surface area contributed by atoms with Gasteiger partial charge in [0.1, 0.15) is 5.82 Å². The van der Waals surface area contributed by atoms with Crippen LogP contribution in [-0.2, 0) is 0 Å². The van der Waals surface area contributed by atoms with E-state index in [-0.39, 0.29) is 5.82 Å². The van der Waals surface area contributed by atoms with Gasteiger partial charge in [0, 0.05) is 16.3 Å². The van der Waals surface area contributed by atoms with Crippen LogP contribution in [0.1, 0.15) is 0 Å². The number of H-pyrrole nitrogens is 1. The monoisotopic (exact) mass is 219 g/mol. The molecule has 0 unspecified atom stereocenters. The highest BCUT2D eigenvalue weighted by molar-refractivity contribution is 6.36. The first-order chi connectivity index (χ1) is 7.25. The van der Waals surface area contributed by atoms with E-state index in [1.165, 1.54) is 12.1 Å². The fraction of sp³-hybridized carbons (Fsp3) is 0. The summed E-state index contributed by atoms with van der Waals surface area (Å²) in [5.74, 6) is -0.233. The Morgan fingerprint density at radius 3 is 2.80 bits per heavy atom. The maximum absolute atomic E-state index is 13.1. The molecule has 1 aromatic heterocycles. The molecule has 0 aliphatic carbocycles. The summed E-state index contributed by atoms with van der Waals surface area (Å²) in [5.41, 5.74) is 1.76. The van der Waals surface area contributed by atoms with Crippen molar-refractivity contribution in [3.8, 4) is 0 Å². The minimum atomic E-state index is -0.233. The number of fused-ring (bicyclic) bond motifs is 3. The molecule has 1 nitrogen and oxygen atoms in total. The molecule has 0 amide bonds. The summed E-state index contributed by atoms with van der Waals surface area (Å²) in [7, 11) is 0. The first kappa shape index (κ1) is 8.74. The van der Waals surface area contributed by atoms with E-state index in [0.29, 0.717) is 5.02 Å². The Bertz CT molecular complexity index is 657. The third kappa shape index (κ3) is 1.22. The van der Waals surface area contributed by atoms with Crippen molar-refractivity contribution < 1.29 is 4.39 Å².